The monoisotopic (exact) mass is 552 g/mol. The first kappa shape index (κ1) is 29.3. The van der Waals surface area contributed by atoms with Crippen molar-refractivity contribution in [1.82, 2.24) is 9.80 Å². The number of hydrogen-bond acceptors (Lipinski definition) is 8. The highest BCUT2D eigenvalue weighted by atomic mass is 16.6. The summed E-state index contributed by atoms with van der Waals surface area (Å²) >= 11 is 0. The fourth-order valence-corrected chi connectivity index (χ4v) is 5.10. The number of fused-ring (bicyclic) bond motifs is 1. The number of aliphatic hydroxyl groups excluding tert-OH is 1. The third-order valence-corrected chi connectivity index (χ3v) is 7.17. The number of carbonyl (C=O) groups is 2. The molecule has 0 bridgehead atoms. The molecule has 4 rings (SSSR count). The van der Waals surface area contributed by atoms with Gasteiger partial charge in [0.25, 0.3) is 11.7 Å². The molecule has 1 amide bonds. The molecule has 40 heavy (non-hydrogen) atoms. The van der Waals surface area contributed by atoms with E-state index in [1.807, 2.05) is 19.9 Å². The van der Waals surface area contributed by atoms with Gasteiger partial charge in [0, 0.05) is 12.1 Å². The second-order valence-corrected chi connectivity index (χ2v) is 9.72. The van der Waals surface area contributed by atoms with Crippen molar-refractivity contribution in [2.75, 3.05) is 52.6 Å². The third kappa shape index (κ3) is 6.20. The topological polar surface area (TPSA) is 97.8 Å². The zero-order valence-corrected chi connectivity index (χ0v) is 23.9. The number of ether oxygens (including phenoxy) is 4. The van der Waals surface area contributed by atoms with Gasteiger partial charge in [0.2, 0.25) is 0 Å². The van der Waals surface area contributed by atoms with Gasteiger partial charge >= 0.3 is 0 Å². The van der Waals surface area contributed by atoms with Crippen LogP contribution in [0, 0.1) is 0 Å². The number of benzene rings is 2. The van der Waals surface area contributed by atoms with Gasteiger partial charge in [-0.2, -0.15) is 0 Å². The third-order valence-electron chi connectivity index (χ3n) is 7.17. The average molecular weight is 553 g/mol. The van der Waals surface area contributed by atoms with E-state index in [0.717, 1.165) is 26.1 Å². The number of nitrogens with zero attached hydrogens (tertiary/aromatic N) is 2. The Hall–Kier alpha value is -3.72. The number of ketones is 1. The number of hydrogen-bond donors (Lipinski definition) is 1. The second kappa shape index (κ2) is 13.6. The average Bonchev–Trinajstić information content (AvgIpc) is 3.23. The van der Waals surface area contributed by atoms with Crippen LogP contribution in [0.25, 0.3) is 5.76 Å². The molecular weight excluding hydrogens is 512 g/mol. The summed E-state index contributed by atoms with van der Waals surface area (Å²) in [7, 11) is 0. The maximum Gasteiger partial charge on any atom is 0.295 e. The molecule has 9 heteroatoms. The van der Waals surface area contributed by atoms with Crippen molar-refractivity contribution in [3.63, 3.8) is 0 Å². The van der Waals surface area contributed by atoms with Crippen molar-refractivity contribution in [2.24, 2.45) is 0 Å². The Morgan fingerprint density at radius 2 is 1.73 bits per heavy atom. The number of likely N-dealkylation sites (tertiary alicyclic amines) is 1. The minimum absolute atomic E-state index is 0.0363. The summed E-state index contributed by atoms with van der Waals surface area (Å²) in [6.45, 7) is 12.9. The molecule has 216 valence electrons. The summed E-state index contributed by atoms with van der Waals surface area (Å²) in [4.78, 5) is 30.8. The number of Topliss-reactive ketones (excluding diaryl/α,β-unsaturated/α-hetero) is 1. The smallest absolute Gasteiger partial charge is 0.295 e. The predicted molar refractivity (Wildman–Crippen MR) is 152 cm³/mol. The minimum Gasteiger partial charge on any atom is -0.507 e. The van der Waals surface area contributed by atoms with Crippen LogP contribution in [0.4, 0.5) is 0 Å². The molecule has 1 fully saturated rings. The highest BCUT2D eigenvalue weighted by Crippen LogP contribution is 2.43. The van der Waals surface area contributed by atoms with Crippen molar-refractivity contribution in [3.8, 4) is 23.0 Å². The SMILES string of the molecule is CCCOc1ccc([C@H]2C(=C(O)c3ccc4c(c3)OCCO4)C(=O)C(=O)N2CCCN(CC)CC)cc1OCC. The fourth-order valence-electron chi connectivity index (χ4n) is 5.10. The quantitative estimate of drug-likeness (QED) is 0.215. The second-order valence-electron chi connectivity index (χ2n) is 9.72. The molecule has 0 unspecified atom stereocenters. The molecule has 1 atom stereocenters. The summed E-state index contributed by atoms with van der Waals surface area (Å²) < 4.78 is 23.0. The van der Waals surface area contributed by atoms with Gasteiger partial charge < -0.3 is 33.9 Å². The van der Waals surface area contributed by atoms with Gasteiger partial charge in [-0.1, -0.05) is 26.8 Å². The molecular formula is C31H40N2O7. The molecule has 9 nitrogen and oxygen atoms in total. The lowest BCUT2D eigenvalue weighted by atomic mass is 9.94. The van der Waals surface area contributed by atoms with Gasteiger partial charge in [0.1, 0.15) is 19.0 Å². The number of amides is 1. The van der Waals surface area contributed by atoms with E-state index in [1.165, 1.54) is 0 Å². The van der Waals surface area contributed by atoms with Gasteiger partial charge in [-0.05, 0) is 75.3 Å². The molecule has 1 saturated heterocycles. The van der Waals surface area contributed by atoms with Crippen molar-refractivity contribution in [2.45, 2.75) is 46.6 Å². The maximum atomic E-state index is 13.5. The number of carbonyl (C=O) groups excluding carboxylic acids is 2. The van der Waals surface area contributed by atoms with Crippen LogP contribution in [-0.2, 0) is 9.59 Å². The van der Waals surface area contributed by atoms with Crippen LogP contribution >= 0.6 is 0 Å². The van der Waals surface area contributed by atoms with Crippen LogP contribution in [0.3, 0.4) is 0 Å². The standard InChI is InChI=1S/C31H40N2O7/c1-5-16-38-23-12-10-21(19-25(23)37-8-4)28-27(29(34)22-11-13-24-26(20-22)40-18-17-39-24)30(35)31(36)33(28)15-9-14-32(6-2)7-3/h10-13,19-20,28,34H,5-9,14-18H2,1-4H3/t28-/m0/s1. The number of aliphatic hydroxyl groups is 1. The normalized spacial score (nSPS) is 17.9. The Kier molecular flexibility index (Phi) is 9.93. The Morgan fingerprint density at radius 1 is 0.975 bits per heavy atom. The van der Waals surface area contributed by atoms with E-state index in [0.29, 0.717) is 73.5 Å². The summed E-state index contributed by atoms with van der Waals surface area (Å²) in [5.74, 6) is 0.573. The molecule has 2 aliphatic heterocycles. The largest absolute Gasteiger partial charge is 0.507 e. The Labute approximate surface area is 236 Å². The van der Waals surface area contributed by atoms with Crippen LogP contribution in [0.15, 0.2) is 42.0 Å². The maximum absolute atomic E-state index is 13.5. The lowest BCUT2D eigenvalue weighted by Crippen LogP contribution is -2.33. The van der Waals surface area contributed by atoms with Crippen molar-refractivity contribution in [3.05, 3.63) is 53.1 Å². The van der Waals surface area contributed by atoms with E-state index in [9.17, 15) is 14.7 Å². The van der Waals surface area contributed by atoms with Crippen LogP contribution in [0.2, 0.25) is 0 Å². The first-order valence-corrected chi connectivity index (χ1v) is 14.2. The first-order valence-electron chi connectivity index (χ1n) is 14.2. The van der Waals surface area contributed by atoms with Gasteiger partial charge in [-0.15, -0.1) is 0 Å². The Balaban J connectivity index is 1.78. The van der Waals surface area contributed by atoms with E-state index in [-0.39, 0.29) is 11.3 Å². The van der Waals surface area contributed by atoms with Crippen molar-refractivity contribution >= 4 is 17.4 Å². The molecule has 2 aromatic rings. The molecule has 0 spiro atoms. The molecule has 2 aromatic carbocycles. The van der Waals surface area contributed by atoms with Gasteiger partial charge in [0.15, 0.2) is 23.0 Å². The Bertz CT molecular complexity index is 1240. The lowest BCUT2D eigenvalue weighted by molar-refractivity contribution is -0.140. The zero-order chi connectivity index (χ0) is 28.6. The highest BCUT2D eigenvalue weighted by molar-refractivity contribution is 6.46. The van der Waals surface area contributed by atoms with E-state index < -0.39 is 17.7 Å². The van der Waals surface area contributed by atoms with Crippen LogP contribution in [-0.4, -0.2) is 79.2 Å². The predicted octanol–water partition coefficient (Wildman–Crippen LogP) is 4.80. The molecule has 1 N–H and O–H groups in total. The molecule has 0 aromatic heterocycles. The van der Waals surface area contributed by atoms with E-state index in [1.54, 1.807) is 35.2 Å². The van der Waals surface area contributed by atoms with Crippen molar-refractivity contribution < 1.29 is 33.6 Å². The highest BCUT2D eigenvalue weighted by Gasteiger charge is 2.46. The van der Waals surface area contributed by atoms with Crippen LogP contribution < -0.4 is 18.9 Å². The molecule has 0 radical (unpaired) electrons. The van der Waals surface area contributed by atoms with Crippen LogP contribution in [0.1, 0.15) is 57.7 Å². The number of rotatable bonds is 13. The van der Waals surface area contributed by atoms with E-state index in [2.05, 4.69) is 18.7 Å². The minimum atomic E-state index is -0.788. The summed E-state index contributed by atoms with van der Waals surface area (Å²) in [5.41, 5.74) is 1.07. The fraction of sp³-hybridized carbons (Fsp3) is 0.484. The Morgan fingerprint density at radius 3 is 2.42 bits per heavy atom. The first-order chi connectivity index (χ1) is 19.4. The van der Waals surface area contributed by atoms with Gasteiger partial charge in [-0.25, -0.2) is 0 Å². The summed E-state index contributed by atoms with van der Waals surface area (Å²) in [6.07, 6.45) is 1.53. The van der Waals surface area contributed by atoms with Crippen molar-refractivity contribution in [1.29, 1.82) is 0 Å². The molecule has 2 aliphatic rings. The van der Waals surface area contributed by atoms with E-state index in [4.69, 9.17) is 18.9 Å². The van der Waals surface area contributed by atoms with Gasteiger partial charge in [-0.3, -0.25) is 9.59 Å². The molecule has 0 aliphatic carbocycles. The van der Waals surface area contributed by atoms with Crippen LogP contribution in [0.5, 0.6) is 23.0 Å². The molecule has 0 saturated carbocycles. The van der Waals surface area contributed by atoms with E-state index >= 15 is 0 Å². The summed E-state index contributed by atoms with van der Waals surface area (Å²) in [5, 5.41) is 11.5. The summed E-state index contributed by atoms with van der Waals surface area (Å²) in [6, 6.07) is 9.66. The molecule has 2 heterocycles. The zero-order valence-electron chi connectivity index (χ0n) is 23.9. The van der Waals surface area contributed by atoms with Gasteiger partial charge in [0.05, 0.1) is 24.8 Å². The lowest BCUT2D eigenvalue weighted by Gasteiger charge is -2.27.